The van der Waals surface area contributed by atoms with Crippen molar-refractivity contribution < 1.29 is 152 Å². The van der Waals surface area contributed by atoms with E-state index in [1.165, 1.54) is 0 Å². The predicted octanol–water partition coefficient (Wildman–Crippen LogP) is 5.95. The molecule has 0 aromatic rings. The number of esters is 8. The molecule has 10 fully saturated rings. The highest BCUT2D eigenvalue weighted by molar-refractivity contribution is 5.99. The average Bonchev–Trinajstić information content (AvgIpc) is 1.71. The number of carbonyl (C=O) groups is 8. The monoisotopic (exact) mass is 1600 g/mol. The van der Waals surface area contributed by atoms with E-state index in [-0.39, 0.29) is 75.3 Å². The molecule has 0 aromatic heterocycles. The molecule has 8 saturated heterocycles. The van der Waals surface area contributed by atoms with Gasteiger partial charge in [-0.2, -0.15) is 0 Å². The summed E-state index contributed by atoms with van der Waals surface area (Å²) >= 11 is 0. The van der Waals surface area contributed by atoms with Gasteiger partial charge in [-0.05, 0) is 162 Å². The smallest absolute Gasteiger partial charge is 0.311 e. The fourth-order valence-electron chi connectivity index (χ4n) is 13.2. The number of rotatable bonds is 56. The summed E-state index contributed by atoms with van der Waals surface area (Å²) in [4.78, 5) is 114. The summed E-state index contributed by atoms with van der Waals surface area (Å²) < 4.78 is 135. The zero-order chi connectivity index (χ0) is 81.5. The van der Waals surface area contributed by atoms with Crippen molar-refractivity contribution in [2.75, 3.05) is 159 Å². The molecule has 0 N–H and O–H groups in total. The Morgan fingerprint density at radius 3 is 0.473 bits per heavy atom. The van der Waals surface area contributed by atoms with Crippen LogP contribution in [0.25, 0.3) is 0 Å². The second-order valence-electron chi connectivity index (χ2n) is 36.1. The summed E-state index contributed by atoms with van der Waals surface area (Å²) in [5.74, 6) is -18.1. The molecule has 640 valence electrons. The minimum atomic E-state index is -1.46. The Balaban J connectivity index is 0.000000260. The topological polar surface area (TPSA) is 384 Å². The summed E-state index contributed by atoms with van der Waals surface area (Å²) in [6.07, 6.45) is 4.67. The number of ether oxygens (including phenoxy) is 24. The first kappa shape index (κ1) is 91.0. The zero-order valence-electron chi connectivity index (χ0n) is 68.9. The first-order valence-corrected chi connectivity index (χ1v) is 40.0. The van der Waals surface area contributed by atoms with Gasteiger partial charge in [0, 0.05) is 26.4 Å². The van der Waals surface area contributed by atoms with Gasteiger partial charge in [0.25, 0.3) is 0 Å². The minimum absolute atomic E-state index is 0.00633. The Morgan fingerprint density at radius 1 is 0.214 bits per heavy atom. The van der Waals surface area contributed by atoms with Crippen LogP contribution in [0.15, 0.2) is 0 Å². The van der Waals surface area contributed by atoms with Gasteiger partial charge in [-0.1, -0.05) is 0 Å². The molecule has 8 aliphatic heterocycles. The van der Waals surface area contributed by atoms with Crippen molar-refractivity contribution in [3.63, 3.8) is 0 Å². The molecule has 0 bridgehead atoms. The lowest BCUT2D eigenvalue weighted by Crippen LogP contribution is -2.63. The van der Waals surface area contributed by atoms with Crippen LogP contribution in [-0.2, 0) is 152 Å². The molecule has 32 nitrogen and oxygen atoms in total. The number of hydrogen-bond acceptors (Lipinski definition) is 32. The molecule has 8 heterocycles. The van der Waals surface area contributed by atoms with Gasteiger partial charge in [0.15, 0.2) is 0 Å². The molecule has 0 amide bonds. The van der Waals surface area contributed by atoms with E-state index in [2.05, 4.69) is 0 Å². The second kappa shape index (κ2) is 40.0. The summed E-state index contributed by atoms with van der Waals surface area (Å²) in [7, 11) is 0. The normalized spacial score (nSPS) is 28.1. The number of hydrogen-bond donors (Lipinski definition) is 0. The lowest BCUT2D eigenvalue weighted by Gasteiger charge is -2.48. The Morgan fingerprint density at radius 2 is 0.339 bits per heavy atom. The standard InChI is InChI=1S/C44H72O16.C36H56O16/c1-41(2,13-9-17-49-21-29-25-53-29)57-37(45)33-34(38(46)58-42(3,4)14-10-18-50-22-30-26-54-30)36(40(48)60-44(7,8)16-12-20-52-24-32-28-56-32)35(33)39(47)59-43(5,6)15-11-19-51-23-31-27-55-31;1-33(2,17-41-9-21-13-45-21)49-29(37)25-26(30(38)50-34(3,4)18-42-10-22-14-46-22)28(32(40)52-36(7,8)20-44-12-24-16-48-24)27(25)31(39)51-35(5,6)19-43-11-23-15-47-23/h29-36H,9-28H2,1-8H3;21-28H,9-20H2,1-8H3. The van der Waals surface area contributed by atoms with Crippen molar-refractivity contribution in [1.29, 1.82) is 0 Å². The van der Waals surface area contributed by atoms with Crippen LogP contribution in [0.2, 0.25) is 0 Å². The molecule has 2 saturated carbocycles. The third-order valence-electron chi connectivity index (χ3n) is 20.0. The third-order valence-corrected chi connectivity index (χ3v) is 20.0. The van der Waals surface area contributed by atoms with Gasteiger partial charge in [0.05, 0.1) is 179 Å². The Bertz CT molecular complexity index is 2640. The van der Waals surface area contributed by atoms with E-state index in [1.54, 1.807) is 111 Å². The van der Waals surface area contributed by atoms with Crippen LogP contribution >= 0.6 is 0 Å². The summed E-state index contributed by atoms with van der Waals surface area (Å²) in [6.45, 7) is 37.6. The Kier molecular flexibility index (Phi) is 32.5. The van der Waals surface area contributed by atoms with Crippen LogP contribution < -0.4 is 0 Å². The number of epoxide rings is 8. The molecular formula is C80H128O32. The molecule has 8 unspecified atom stereocenters. The molecule has 2 aliphatic carbocycles. The van der Waals surface area contributed by atoms with Crippen LogP contribution in [0.5, 0.6) is 0 Å². The Hall–Kier alpha value is -4.88. The molecule has 0 aromatic carbocycles. The molecule has 10 rings (SSSR count). The van der Waals surface area contributed by atoms with Gasteiger partial charge >= 0.3 is 47.8 Å². The minimum Gasteiger partial charge on any atom is -0.459 e. The lowest BCUT2D eigenvalue weighted by molar-refractivity contribution is -0.219. The van der Waals surface area contributed by atoms with Gasteiger partial charge in [-0.25, -0.2) is 0 Å². The van der Waals surface area contributed by atoms with Crippen LogP contribution in [0.1, 0.15) is 162 Å². The first-order valence-electron chi connectivity index (χ1n) is 40.0. The highest BCUT2D eigenvalue weighted by Gasteiger charge is 2.69. The SMILES string of the molecule is CC(C)(CCCOCC1CO1)OC(=O)C1C(C(=O)OC(C)(C)CCCOCC2CO2)C(C(=O)OC(C)(C)CCCOCC2CO2)C1C(=O)OC(C)(C)CCCOCC1CO1.CC(C)(COCC1CO1)OC(=O)C1C(C(=O)OC(C)(C)COCC2CO2)C(C(=O)OC(C)(C)COCC2CO2)C1C(=O)OC(C)(C)COCC1CO1. The van der Waals surface area contributed by atoms with E-state index in [0.29, 0.717) is 184 Å². The van der Waals surface area contributed by atoms with Crippen LogP contribution in [0, 0.1) is 47.3 Å². The van der Waals surface area contributed by atoms with Crippen molar-refractivity contribution in [1.82, 2.24) is 0 Å². The number of carbonyl (C=O) groups excluding carboxylic acids is 8. The van der Waals surface area contributed by atoms with Gasteiger partial charge < -0.3 is 114 Å². The predicted molar refractivity (Wildman–Crippen MR) is 391 cm³/mol. The quantitative estimate of drug-likeness (QED) is 0.0294. The molecule has 32 heteroatoms. The van der Waals surface area contributed by atoms with Crippen molar-refractivity contribution in [3.8, 4) is 0 Å². The highest BCUT2D eigenvalue weighted by Crippen LogP contribution is 2.53. The first-order chi connectivity index (χ1) is 52.7. The Labute approximate surface area is 659 Å². The van der Waals surface area contributed by atoms with Gasteiger partial charge in [-0.3, -0.25) is 38.4 Å². The fourth-order valence-corrected chi connectivity index (χ4v) is 13.2. The van der Waals surface area contributed by atoms with E-state index < -0.39 is 140 Å². The molecule has 112 heavy (non-hydrogen) atoms. The maximum absolute atomic E-state index is 14.4. The third kappa shape index (κ3) is 32.5. The van der Waals surface area contributed by atoms with Gasteiger partial charge in [-0.15, -0.1) is 0 Å². The zero-order valence-corrected chi connectivity index (χ0v) is 68.9. The average molecular weight is 1600 g/mol. The fraction of sp³-hybridized carbons (Fsp3) is 0.900. The van der Waals surface area contributed by atoms with Crippen molar-refractivity contribution in [2.24, 2.45) is 47.3 Å². The molecule has 0 spiro atoms. The summed E-state index contributed by atoms with van der Waals surface area (Å²) in [5, 5.41) is 0. The van der Waals surface area contributed by atoms with E-state index in [1.807, 2.05) is 0 Å². The molecule has 8 atom stereocenters. The van der Waals surface area contributed by atoms with Gasteiger partial charge in [0.1, 0.15) is 93.6 Å². The maximum Gasteiger partial charge on any atom is 0.311 e. The summed E-state index contributed by atoms with van der Waals surface area (Å²) in [5.41, 5.74) is -8.62. The molecule has 10 aliphatic rings. The van der Waals surface area contributed by atoms with E-state index in [4.69, 9.17) is 114 Å². The van der Waals surface area contributed by atoms with Crippen molar-refractivity contribution >= 4 is 47.8 Å². The molecular weight excluding hydrogens is 1470 g/mol. The van der Waals surface area contributed by atoms with Crippen molar-refractivity contribution in [2.45, 2.75) is 256 Å². The van der Waals surface area contributed by atoms with Gasteiger partial charge in [0.2, 0.25) is 0 Å². The second-order valence-corrected chi connectivity index (χ2v) is 36.1. The summed E-state index contributed by atoms with van der Waals surface area (Å²) in [6, 6.07) is 0. The van der Waals surface area contributed by atoms with Crippen LogP contribution in [-0.4, -0.2) is 300 Å². The van der Waals surface area contributed by atoms with Crippen LogP contribution in [0.4, 0.5) is 0 Å². The van der Waals surface area contributed by atoms with E-state index in [0.717, 1.165) is 0 Å². The molecule has 0 radical (unpaired) electrons. The van der Waals surface area contributed by atoms with Crippen molar-refractivity contribution in [3.05, 3.63) is 0 Å². The lowest BCUT2D eigenvalue weighted by atomic mass is 9.56. The van der Waals surface area contributed by atoms with E-state index >= 15 is 0 Å². The van der Waals surface area contributed by atoms with E-state index in [9.17, 15) is 38.4 Å². The van der Waals surface area contributed by atoms with Crippen LogP contribution in [0.3, 0.4) is 0 Å². The maximum atomic E-state index is 14.4. The largest absolute Gasteiger partial charge is 0.459 e. The highest BCUT2D eigenvalue weighted by atomic mass is 16.7.